The minimum absolute atomic E-state index is 0. The fraction of sp³-hybridized carbons (Fsp3) is 0.833. The van der Waals surface area contributed by atoms with Crippen LogP contribution in [-0.2, 0) is 4.79 Å². The van der Waals surface area contributed by atoms with E-state index in [1.54, 1.807) is 0 Å². The maximum absolute atomic E-state index is 9.84. The van der Waals surface area contributed by atoms with E-state index >= 15 is 0 Å². The van der Waals surface area contributed by atoms with Gasteiger partial charge in [0.25, 0.3) is 0 Å². The van der Waals surface area contributed by atoms with Crippen molar-refractivity contribution in [3.63, 3.8) is 0 Å². The van der Waals surface area contributed by atoms with Gasteiger partial charge in [-0.1, -0.05) is 20.8 Å². The van der Waals surface area contributed by atoms with E-state index in [9.17, 15) is 4.79 Å². The average molecular weight is 134 g/mol. The van der Waals surface area contributed by atoms with Gasteiger partial charge in [0.1, 0.15) is 0 Å². The second kappa shape index (κ2) is 5.56. The summed E-state index contributed by atoms with van der Waals surface area (Å²) in [5, 5.41) is 16.6. The Hall–Kier alpha value is -0.570. The van der Waals surface area contributed by atoms with E-state index in [4.69, 9.17) is 10.2 Å². The van der Waals surface area contributed by atoms with Crippen molar-refractivity contribution >= 4 is 5.97 Å². The Labute approximate surface area is 55.3 Å². The Morgan fingerprint density at radius 2 is 2.11 bits per heavy atom. The van der Waals surface area contributed by atoms with Gasteiger partial charge in [0.2, 0.25) is 0 Å². The van der Waals surface area contributed by atoms with Crippen LogP contribution in [-0.4, -0.2) is 22.3 Å². The molecule has 0 aromatic heterocycles. The smallest absolute Gasteiger partial charge is 0.332 e. The van der Waals surface area contributed by atoms with Crippen LogP contribution in [0.3, 0.4) is 0 Å². The van der Waals surface area contributed by atoms with E-state index < -0.39 is 12.1 Å². The predicted octanol–water partition coefficient (Wildman–Crippen LogP) is 0.868. The van der Waals surface area contributed by atoms with E-state index in [2.05, 4.69) is 0 Å². The van der Waals surface area contributed by atoms with Crippen LogP contribution >= 0.6 is 0 Å². The van der Waals surface area contributed by atoms with E-state index in [1.807, 2.05) is 6.92 Å². The van der Waals surface area contributed by atoms with Gasteiger partial charge in [-0.3, -0.25) is 0 Å². The number of hydrogen-bond acceptors (Lipinski definition) is 2. The van der Waals surface area contributed by atoms with Crippen molar-refractivity contribution in [2.75, 3.05) is 0 Å². The molecule has 0 amide bonds. The van der Waals surface area contributed by atoms with Crippen molar-refractivity contribution in [3.8, 4) is 0 Å². The van der Waals surface area contributed by atoms with Gasteiger partial charge in [-0.2, -0.15) is 0 Å². The van der Waals surface area contributed by atoms with Crippen molar-refractivity contribution in [1.29, 1.82) is 0 Å². The van der Waals surface area contributed by atoms with Gasteiger partial charge < -0.3 is 10.2 Å². The van der Waals surface area contributed by atoms with Gasteiger partial charge in [-0.05, 0) is 6.42 Å². The maximum Gasteiger partial charge on any atom is 0.332 e. The summed E-state index contributed by atoms with van der Waals surface area (Å²) in [7, 11) is 0. The van der Waals surface area contributed by atoms with Crippen LogP contribution < -0.4 is 0 Å². The molecule has 2 N–H and O–H groups in total. The summed E-state index contributed by atoms with van der Waals surface area (Å²) in [4.78, 5) is 9.84. The molecule has 1 unspecified atom stereocenters. The lowest BCUT2D eigenvalue weighted by atomic mass is 10.2. The number of aliphatic hydroxyl groups excluding tert-OH is 1. The molecular formula is C6H14O3. The molecule has 3 nitrogen and oxygen atoms in total. The summed E-state index contributed by atoms with van der Waals surface area (Å²) in [6.07, 6.45) is -0.122. The zero-order chi connectivity index (χ0) is 6.57. The van der Waals surface area contributed by atoms with E-state index in [-0.39, 0.29) is 7.43 Å². The highest BCUT2D eigenvalue weighted by Gasteiger charge is 2.09. The van der Waals surface area contributed by atoms with Gasteiger partial charge in [0.15, 0.2) is 6.10 Å². The molecular weight excluding hydrogens is 120 g/mol. The highest BCUT2D eigenvalue weighted by Crippen LogP contribution is 1.93. The van der Waals surface area contributed by atoms with Crippen molar-refractivity contribution in [2.45, 2.75) is 33.3 Å². The van der Waals surface area contributed by atoms with Crippen LogP contribution in [0.15, 0.2) is 0 Å². The second-order valence-electron chi connectivity index (χ2n) is 1.64. The Morgan fingerprint density at radius 1 is 1.67 bits per heavy atom. The first-order valence-electron chi connectivity index (χ1n) is 2.59. The molecule has 0 aliphatic rings. The van der Waals surface area contributed by atoms with Crippen LogP contribution in [0.4, 0.5) is 0 Å². The molecule has 56 valence electrons. The zero-order valence-corrected chi connectivity index (χ0v) is 4.79. The maximum atomic E-state index is 9.84. The summed E-state index contributed by atoms with van der Waals surface area (Å²) in [5.74, 6) is -1.13. The number of carbonyl (C=O) groups is 1. The SMILES string of the molecule is C.CCCC(O)C(=O)O. The molecule has 0 rings (SSSR count). The van der Waals surface area contributed by atoms with Crippen LogP contribution in [0.5, 0.6) is 0 Å². The van der Waals surface area contributed by atoms with Crippen LogP contribution in [0.25, 0.3) is 0 Å². The van der Waals surface area contributed by atoms with Crippen LogP contribution in [0.2, 0.25) is 0 Å². The third-order valence-electron chi connectivity index (χ3n) is 0.847. The summed E-state index contributed by atoms with van der Waals surface area (Å²) < 4.78 is 0. The predicted molar refractivity (Wildman–Crippen MR) is 35.3 cm³/mol. The summed E-state index contributed by atoms with van der Waals surface area (Å²) in [6, 6.07) is 0. The molecule has 0 bridgehead atoms. The topological polar surface area (TPSA) is 57.5 Å². The fourth-order valence-electron chi connectivity index (χ4n) is 0.397. The number of aliphatic carboxylic acids is 1. The zero-order valence-electron chi connectivity index (χ0n) is 4.79. The van der Waals surface area contributed by atoms with Gasteiger partial charge in [-0.15, -0.1) is 0 Å². The van der Waals surface area contributed by atoms with E-state index in [1.165, 1.54) is 0 Å². The molecule has 9 heavy (non-hydrogen) atoms. The molecule has 0 aromatic carbocycles. The molecule has 1 atom stereocenters. The fourth-order valence-corrected chi connectivity index (χ4v) is 0.397. The number of aliphatic hydroxyl groups is 1. The molecule has 0 fully saturated rings. The molecule has 0 aliphatic carbocycles. The third-order valence-corrected chi connectivity index (χ3v) is 0.847. The Balaban J connectivity index is 0. The van der Waals surface area contributed by atoms with Gasteiger partial charge in [0.05, 0.1) is 0 Å². The molecule has 0 heterocycles. The molecule has 0 saturated carbocycles. The van der Waals surface area contributed by atoms with E-state index in [0.29, 0.717) is 12.8 Å². The number of carboxylic acid groups (broad SMARTS) is 1. The minimum atomic E-state index is -1.17. The van der Waals surface area contributed by atoms with Crippen molar-refractivity contribution in [2.24, 2.45) is 0 Å². The quantitative estimate of drug-likeness (QED) is 0.602. The molecule has 3 heteroatoms. The van der Waals surface area contributed by atoms with Crippen LogP contribution in [0.1, 0.15) is 27.2 Å². The van der Waals surface area contributed by atoms with Gasteiger partial charge in [-0.25, -0.2) is 4.79 Å². The lowest BCUT2D eigenvalue weighted by Gasteiger charge is -1.99. The van der Waals surface area contributed by atoms with E-state index in [0.717, 1.165) is 0 Å². The summed E-state index contributed by atoms with van der Waals surface area (Å²) in [5.41, 5.74) is 0. The van der Waals surface area contributed by atoms with Gasteiger partial charge >= 0.3 is 5.97 Å². The van der Waals surface area contributed by atoms with Crippen LogP contribution in [0, 0.1) is 0 Å². The first kappa shape index (κ1) is 11.3. The molecule has 0 radical (unpaired) electrons. The lowest BCUT2D eigenvalue weighted by Crippen LogP contribution is -2.18. The minimum Gasteiger partial charge on any atom is -0.479 e. The lowest BCUT2D eigenvalue weighted by molar-refractivity contribution is -0.146. The largest absolute Gasteiger partial charge is 0.479 e. The van der Waals surface area contributed by atoms with Crippen molar-refractivity contribution in [3.05, 3.63) is 0 Å². The molecule has 0 saturated heterocycles. The standard InChI is InChI=1S/C5H10O3.CH4/c1-2-3-4(6)5(7)8;/h4,6H,2-3H2,1H3,(H,7,8);1H4. The van der Waals surface area contributed by atoms with Gasteiger partial charge in [0, 0.05) is 0 Å². The normalized spacial score (nSPS) is 11.8. The highest BCUT2D eigenvalue weighted by atomic mass is 16.4. The number of hydrogen-bond donors (Lipinski definition) is 2. The van der Waals surface area contributed by atoms with Crippen molar-refractivity contribution in [1.82, 2.24) is 0 Å². The molecule has 0 aliphatic heterocycles. The first-order valence-corrected chi connectivity index (χ1v) is 2.59. The number of carboxylic acids is 1. The highest BCUT2D eigenvalue weighted by molar-refractivity contribution is 5.71. The summed E-state index contributed by atoms with van der Waals surface area (Å²) >= 11 is 0. The Kier molecular flexibility index (Phi) is 6.96. The Bertz CT molecular complexity index is 80.4. The third kappa shape index (κ3) is 5.30. The van der Waals surface area contributed by atoms with Crippen molar-refractivity contribution < 1.29 is 15.0 Å². The average Bonchev–Trinajstić information content (AvgIpc) is 1.67. The molecule has 0 aromatic rings. The second-order valence-corrected chi connectivity index (χ2v) is 1.64. The summed E-state index contributed by atoms with van der Waals surface area (Å²) in [6.45, 7) is 1.83. The Morgan fingerprint density at radius 3 is 2.22 bits per heavy atom. The molecule has 0 spiro atoms. The first-order chi connectivity index (χ1) is 3.68. The monoisotopic (exact) mass is 134 g/mol. The number of rotatable bonds is 3.